The second-order valence-electron chi connectivity index (χ2n) is 4.27. The first-order valence-electron chi connectivity index (χ1n) is 5.37. The van der Waals surface area contributed by atoms with Crippen LogP contribution < -0.4 is 5.32 Å². The molecule has 1 aromatic heterocycles. The minimum atomic E-state index is -0.379. The number of hydrogen-bond acceptors (Lipinski definition) is 5. The number of benzene rings is 1. The van der Waals surface area contributed by atoms with Crippen LogP contribution in [0.15, 0.2) is 29.0 Å². The van der Waals surface area contributed by atoms with Gasteiger partial charge in [0, 0.05) is 18.3 Å². The number of nitrogens with one attached hydrogen (secondary N) is 1. The van der Waals surface area contributed by atoms with Gasteiger partial charge in [-0.05, 0) is 12.1 Å². The van der Waals surface area contributed by atoms with Crippen molar-refractivity contribution < 1.29 is 9.15 Å². The molecule has 5 nitrogen and oxygen atoms in total. The zero-order valence-electron chi connectivity index (χ0n) is 9.14. The van der Waals surface area contributed by atoms with Gasteiger partial charge < -0.3 is 14.5 Å². The maximum atomic E-state index is 9.05. The van der Waals surface area contributed by atoms with E-state index in [0.29, 0.717) is 19.8 Å². The van der Waals surface area contributed by atoms with E-state index in [-0.39, 0.29) is 5.41 Å². The quantitative estimate of drug-likeness (QED) is 0.868. The number of rotatable bonds is 3. The van der Waals surface area contributed by atoms with E-state index >= 15 is 0 Å². The monoisotopic (exact) mass is 229 g/mol. The Morgan fingerprint density at radius 2 is 2.35 bits per heavy atom. The number of aromatic nitrogens is 1. The molecule has 3 rings (SSSR count). The normalized spacial score (nSPS) is 17.4. The fourth-order valence-corrected chi connectivity index (χ4v) is 1.79. The van der Waals surface area contributed by atoms with Gasteiger partial charge in [0.1, 0.15) is 10.9 Å². The highest BCUT2D eigenvalue weighted by Gasteiger charge is 2.38. The van der Waals surface area contributed by atoms with Gasteiger partial charge in [-0.25, -0.2) is 4.98 Å². The van der Waals surface area contributed by atoms with Crippen molar-refractivity contribution >= 4 is 16.8 Å². The number of ether oxygens (including phenoxy) is 1. The Kier molecular flexibility index (Phi) is 2.23. The Morgan fingerprint density at radius 1 is 1.47 bits per heavy atom. The predicted molar refractivity (Wildman–Crippen MR) is 61.4 cm³/mol. The second-order valence-corrected chi connectivity index (χ2v) is 4.27. The Labute approximate surface area is 98.0 Å². The third-order valence-electron chi connectivity index (χ3n) is 2.96. The number of anilines is 1. The Bertz CT molecular complexity index is 581. The van der Waals surface area contributed by atoms with Gasteiger partial charge in [0.25, 0.3) is 0 Å². The average Bonchev–Trinajstić information content (AvgIpc) is 2.75. The van der Waals surface area contributed by atoms with E-state index in [1.807, 2.05) is 18.2 Å². The summed E-state index contributed by atoms with van der Waals surface area (Å²) >= 11 is 0. The molecule has 0 unspecified atom stereocenters. The zero-order chi connectivity index (χ0) is 11.7. The fourth-order valence-electron chi connectivity index (χ4n) is 1.79. The van der Waals surface area contributed by atoms with E-state index in [1.165, 1.54) is 6.39 Å². The Hall–Kier alpha value is -2.06. The molecule has 0 saturated carbocycles. The molecule has 1 aliphatic heterocycles. The Balaban J connectivity index is 1.74. The lowest BCUT2D eigenvalue weighted by atomic mass is 9.88. The van der Waals surface area contributed by atoms with Crippen LogP contribution in [0.2, 0.25) is 0 Å². The van der Waals surface area contributed by atoms with Crippen molar-refractivity contribution in [2.24, 2.45) is 5.41 Å². The van der Waals surface area contributed by atoms with E-state index in [1.54, 1.807) is 0 Å². The molecule has 0 radical (unpaired) electrons. The molecule has 5 heteroatoms. The van der Waals surface area contributed by atoms with Crippen molar-refractivity contribution in [1.29, 1.82) is 5.26 Å². The number of oxazole rings is 1. The molecular formula is C12H11N3O2. The number of fused-ring (bicyclic) bond motifs is 1. The second kappa shape index (κ2) is 3.75. The van der Waals surface area contributed by atoms with Crippen molar-refractivity contribution in [3.8, 4) is 6.07 Å². The van der Waals surface area contributed by atoms with Gasteiger partial charge in [-0.2, -0.15) is 5.26 Å². The van der Waals surface area contributed by atoms with Gasteiger partial charge in [0.05, 0.1) is 19.3 Å². The largest absolute Gasteiger partial charge is 0.443 e. The molecule has 2 heterocycles. The Morgan fingerprint density at radius 3 is 3.06 bits per heavy atom. The molecule has 0 amide bonds. The molecule has 1 N–H and O–H groups in total. The van der Waals surface area contributed by atoms with Gasteiger partial charge in [-0.1, -0.05) is 0 Å². The highest BCUT2D eigenvalue weighted by molar-refractivity contribution is 5.76. The van der Waals surface area contributed by atoms with Crippen molar-refractivity contribution in [2.45, 2.75) is 0 Å². The predicted octanol–water partition coefficient (Wildman–Crippen LogP) is 1.78. The number of nitriles is 1. The molecule has 1 aliphatic rings. The molecule has 1 saturated heterocycles. The topological polar surface area (TPSA) is 71.1 Å². The van der Waals surface area contributed by atoms with E-state index in [4.69, 9.17) is 14.4 Å². The number of nitrogens with zero attached hydrogens (tertiary/aromatic N) is 2. The summed E-state index contributed by atoms with van der Waals surface area (Å²) in [6.07, 6.45) is 1.42. The minimum absolute atomic E-state index is 0.379. The third-order valence-corrected chi connectivity index (χ3v) is 2.96. The summed E-state index contributed by atoms with van der Waals surface area (Å²) in [7, 11) is 0. The van der Waals surface area contributed by atoms with Crippen LogP contribution in [0.3, 0.4) is 0 Å². The molecule has 1 aromatic carbocycles. The standard InChI is InChI=1S/C12H11N3O2/c13-4-12(6-16-7-12)5-14-9-1-2-10-11(3-9)17-8-15-10/h1-3,8,14H,5-7H2. The molecular weight excluding hydrogens is 218 g/mol. The van der Waals surface area contributed by atoms with Crippen LogP contribution >= 0.6 is 0 Å². The minimum Gasteiger partial charge on any atom is -0.443 e. The molecule has 1 fully saturated rings. The molecule has 0 atom stereocenters. The first-order chi connectivity index (χ1) is 8.31. The van der Waals surface area contributed by atoms with Crippen LogP contribution in [-0.2, 0) is 4.74 Å². The summed E-state index contributed by atoms with van der Waals surface area (Å²) in [4.78, 5) is 4.05. The van der Waals surface area contributed by atoms with Crippen LogP contribution in [0.25, 0.3) is 11.1 Å². The lowest BCUT2D eigenvalue weighted by molar-refractivity contribution is -0.0690. The van der Waals surface area contributed by atoms with Crippen molar-refractivity contribution in [1.82, 2.24) is 4.98 Å². The SMILES string of the molecule is N#CC1(CNc2ccc3ncoc3c2)COC1. The lowest BCUT2D eigenvalue weighted by Crippen LogP contribution is -2.46. The highest BCUT2D eigenvalue weighted by atomic mass is 16.5. The molecule has 86 valence electrons. The zero-order valence-corrected chi connectivity index (χ0v) is 9.14. The summed E-state index contributed by atoms with van der Waals surface area (Å²) < 4.78 is 10.3. The van der Waals surface area contributed by atoms with E-state index in [0.717, 1.165) is 16.8 Å². The van der Waals surface area contributed by atoms with Gasteiger partial charge in [-0.3, -0.25) is 0 Å². The van der Waals surface area contributed by atoms with Crippen LogP contribution in [-0.4, -0.2) is 24.7 Å². The molecule has 17 heavy (non-hydrogen) atoms. The lowest BCUT2D eigenvalue weighted by Gasteiger charge is -2.35. The fraction of sp³-hybridized carbons (Fsp3) is 0.333. The van der Waals surface area contributed by atoms with Gasteiger partial charge in [-0.15, -0.1) is 0 Å². The smallest absolute Gasteiger partial charge is 0.181 e. The van der Waals surface area contributed by atoms with Crippen LogP contribution in [0, 0.1) is 16.7 Å². The maximum absolute atomic E-state index is 9.05. The first-order valence-corrected chi connectivity index (χ1v) is 5.37. The third kappa shape index (κ3) is 1.73. The molecule has 0 bridgehead atoms. The average molecular weight is 229 g/mol. The van der Waals surface area contributed by atoms with E-state index < -0.39 is 0 Å². The molecule has 0 spiro atoms. The van der Waals surface area contributed by atoms with Crippen LogP contribution in [0.1, 0.15) is 0 Å². The van der Waals surface area contributed by atoms with Crippen LogP contribution in [0.4, 0.5) is 5.69 Å². The van der Waals surface area contributed by atoms with E-state index in [2.05, 4.69) is 16.4 Å². The first kappa shape index (κ1) is 10.1. The summed E-state index contributed by atoms with van der Waals surface area (Å²) in [6, 6.07) is 7.99. The summed E-state index contributed by atoms with van der Waals surface area (Å²) in [6.45, 7) is 1.59. The van der Waals surface area contributed by atoms with Crippen molar-refractivity contribution in [3.05, 3.63) is 24.6 Å². The van der Waals surface area contributed by atoms with Crippen molar-refractivity contribution in [2.75, 3.05) is 25.1 Å². The molecule has 0 aliphatic carbocycles. The summed E-state index contributed by atoms with van der Waals surface area (Å²) in [5.74, 6) is 0. The van der Waals surface area contributed by atoms with E-state index in [9.17, 15) is 0 Å². The van der Waals surface area contributed by atoms with Crippen LogP contribution in [0.5, 0.6) is 0 Å². The number of hydrogen-bond donors (Lipinski definition) is 1. The van der Waals surface area contributed by atoms with Gasteiger partial charge in [0.2, 0.25) is 0 Å². The maximum Gasteiger partial charge on any atom is 0.181 e. The summed E-state index contributed by atoms with van der Waals surface area (Å²) in [5.41, 5.74) is 2.12. The van der Waals surface area contributed by atoms with Crippen molar-refractivity contribution in [3.63, 3.8) is 0 Å². The highest BCUT2D eigenvalue weighted by Crippen LogP contribution is 2.27. The van der Waals surface area contributed by atoms with Gasteiger partial charge in [0.15, 0.2) is 12.0 Å². The summed E-state index contributed by atoms with van der Waals surface area (Å²) in [5, 5.41) is 12.3. The van der Waals surface area contributed by atoms with Gasteiger partial charge >= 0.3 is 0 Å². The molecule has 2 aromatic rings.